The topological polar surface area (TPSA) is 63.1 Å². The Morgan fingerprint density at radius 2 is 2.17 bits per heavy atom. The van der Waals surface area contributed by atoms with Gasteiger partial charge in [0.05, 0.1) is 0 Å². The van der Waals surface area contributed by atoms with Crippen LogP contribution in [0.15, 0.2) is 36.9 Å². The Kier molecular flexibility index (Phi) is 5.13. The van der Waals surface area contributed by atoms with Crippen LogP contribution in [-0.4, -0.2) is 39.8 Å². The number of nitrogens with one attached hydrogen (secondary N) is 1. The van der Waals surface area contributed by atoms with E-state index in [2.05, 4.69) is 51.5 Å². The number of amides is 1. The van der Waals surface area contributed by atoms with Gasteiger partial charge < -0.3 is 10.2 Å². The quantitative estimate of drug-likeness (QED) is 0.914. The number of benzene rings is 1. The molecule has 3 rings (SSSR count). The van der Waals surface area contributed by atoms with Crippen LogP contribution in [0.5, 0.6) is 0 Å². The molecule has 1 aromatic carbocycles. The number of hydrogen-bond acceptors (Lipinski definition) is 4. The van der Waals surface area contributed by atoms with E-state index >= 15 is 0 Å². The Bertz CT molecular complexity index is 662. The number of hydrogen-bond donors (Lipinski definition) is 1. The van der Waals surface area contributed by atoms with Gasteiger partial charge in [0.25, 0.3) is 0 Å². The van der Waals surface area contributed by atoms with E-state index in [1.807, 2.05) is 6.92 Å². The highest BCUT2D eigenvalue weighted by Gasteiger charge is 2.23. The molecule has 2 heterocycles. The van der Waals surface area contributed by atoms with Gasteiger partial charge in [0.15, 0.2) is 0 Å². The van der Waals surface area contributed by atoms with Crippen LogP contribution in [0.2, 0.25) is 0 Å². The number of piperidine rings is 1. The molecule has 0 bridgehead atoms. The smallest absolute Gasteiger partial charge is 0.244 e. The van der Waals surface area contributed by atoms with Crippen LogP contribution in [0.4, 0.5) is 5.69 Å². The lowest BCUT2D eigenvalue weighted by Crippen LogP contribution is -2.46. The summed E-state index contributed by atoms with van der Waals surface area (Å²) < 4.78 is 1.58. The van der Waals surface area contributed by atoms with E-state index in [0.29, 0.717) is 0 Å². The standard InChI is InChI=1S/C18H25N5O/c1-3-15-5-4-6-17(11-15)22-9-7-16(8-10-22)21-18(24)14(2)23-13-19-12-20-23/h4-6,11-14,16H,3,7-10H2,1-2H3,(H,21,24)/t14-/m0/s1. The molecule has 1 fully saturated rings. The molecule has 1 aliphatic heterocycles. The third kappa shape index (κ3) is 3.75. The molecule has 6 nitrogen and oxygen atoms in total. The molecule has 24 heavy (non-hydrogen) atoms. The third-order valence-electron chi connectivity index (χ3n) is 4.74. The molecule has 1 aromatic heterocycles. The molecule has 0 spiro atoms. The summed E-state index contributed by atoms with van der Waals surface area (Å²) >= 11 is 0. The summed E-state index contributed by atoms with van der Waals surface area (Å²) in [6, 6.07) is 8.64. The summed E-state index contributed by atoms with van der Waals surface area (Å²) in [5, 5.41) is 7.18. The summed E-state index contributed by atoms with van der Waals surface area (Å²) in [6.07, 6.45) is 6.01. The van der Waals surface area contributed by atoms with Crippen molar-refractivity contribution >= 4 is 11.6 Å². The van der Waals surface area contributed by atoms with Crippen LogP contribution in [0, 0.1) is 0 Å². The number of anilines is 1. The Morgan fingerprint density at radius 1 is 1.38 bits per heavy atom. The molecule has 0 aliphatic carbocycles. The highest BCUT2D eigenvalue weighted by Crippen LogP contribution is 2.21. The second kappa shape index (κ2) is 7.47. The van der Waals surface area contributed by atoms with Crippen molar-refractivity contribution in [2.24, 2.45) is 0 Å². The van der Waals surface area contributed by atoms with Crippen LogP contribution in [0.3, 0.4) is 0 Å². The minimum atomic E-state index is -0.327. The van der Waals surface area contributed by atoms with Gasteiger partial charge in [-0.25, -0.2) is 9.67 Å². The first kappa shape index (κ1) is 16.5. The van der Waals surface area contributed by atoms with Crippen LogP contribution < -0.4 is 10.2 Å². The lowest BCUT2D eigenvalue weighted by Gasteiger charge is -2.34. The normalized spacial score (nSPS) is 16.8. The van der Waals surface area contributed by atoms with Crippen LogP contribution in [0.1, 0.15) is 38.3 Å². The Morgan fingerprint density at radius 3 is 2.83 bits per heavy atom. The van der Waals surface area contributed by atoms with Crippen molar-refractivity contribution in [3.63, 3.8) is 0 Å². The number of nitrogens with zero attached hydrogens (tertiary/aromatic N) is 4. The van der Waals surface area contributed by atoms with E-state index in [9.17, 15) is 4.79 Å². The number of carbonyl (C=O) groups is 1. The van der Waals surface area contributed by atoms with Gasteiger partial charge >= 0.3 is 0 Å². The highest BCUT2D eigenvalue weighted by atomic mass is 16.2. The fourth-order valence-corrected chi connectivity index (χ4v) is 3.11. The van der Waals surface area contributed by atoms with Gasteiger partial charge in [-0.3, -0.25) is 4.79 Å². The predicted molar refractivity (Wildman–Crippen MR) is 93.9 cm³/mol. The van der Waals surface area contributed by atoms with E-state index in [1.54, 1.807) is 11.0 Å². The van der Waals surface area contributed by atoms with Crippen LogP contribution in [-0.2, 0) is 11.2 Å². The lowest BCUT2D eigenvalue weighted by molar-refractivity contribution is -0.125. The first-order chi connectivity index (χ1) is 11.7. The first-order valence-corrected chi connectivity index (χ1v) is 8.65. The number of carbonyl (C=O) groups excluding carboxylic acids is 1. The highest BCUT2D eigenvalue weighted by molar-refractivity contribution is 5.80. The molecule has 1 aliphatic rings. The van der Waals surface area contributed by atoms with Crippen molar-refractivity contribution in [3.8, 4) is 0 Å². The predicted octanol–water partition coefficient (Wildman–Crippen LogP) is 2.19. The zero-order chi connectivity index (χ0) is 16.9. The molecular weight excluding hydrogens is 302 g/mol. The zero-order valence-corrected chi connectivity index (χ0v) is 14.4. The summed E-state index contributed by atoms with van der Waals surface area (Å²) in [6.45, 7) is 5.96. The van der Waals surface area contributed by atoms with E-state index in [4.69, 9.17) is 0 Å². The maximum Gasteiger partial charge on any atom is 0.244 e. The average Bonchev–Trinajstić information content (AvgIpc) is 3.16. The van der Waals surface area contributed by atoms with Gasteiger partial charge in [0.1, 0.15) is 18.7 Å². The third-order valence-corrected chi connectivity index (χ3v) is 4.74. The second-order valence-electron chi connectivity index (χ2n) is 6.34. The van der Waals surface area contributed by atoms with Crippen molar-refractivity contribution in [1.82, 2.24) is 20.1 Å². The van der Waals surface area contributed by atoms with Crippen molar-refractivity contribution in [2.75, 3.05) is 18.0 Å². The minimum Gasteiger partial charge on any atom is -0.371 e. The zero-order valence-electron chi connectivity index (χ0n) is 14.4. The molecule has 0 unspecified atom stereocenters. The molecule has 1 saturated heterocycles. The SMILES string of the molecule is CCc1cccc(N2CCC(NC(=O)[C@H](C)n3cncn3)CC2)c1. The van der Waals surface area contributed by atoms with E-state index in [0.717, 1.165) is 32.4 Å². The molecule has 1 N–H and O–H groups in total. The van der Waals surface area contributed by atoms with Gasteiger partial charge in [0.2, 0.25) is 5.91 Å². The van der Waals surface area contributed by atoms with Gasteiger partial charge in [-0.05, 0) is 43.9 Å². The van der Waals surface area contributed by atoms with Gasteiger partial charge in [0, 0.05) is 24.8 Å². The van der Waals surface area contributed by atoms with E-state index < -0.39 is 0 Å². The lowest BCUT2D eigenvalue weighted by atomic mass is 10.0. The molecule has 2 aromatic rings. The maximum atomic E-state index is 12.3. The van der Waals surface area contributed by atoms with Crippen molar-refractivity contribution < 1.29 is 4.79 Å². The molecular formula is C18H25N5O. The summed E-state index contributed by atoms with van der Waals surface area (Å²) in [7, 11) is 0. The largest absolute Gasteiger partial charge is 0.371 e. The van der Waals surface area contributed by atoms with Crippen molar-refractivity contribution in [3.05, 3.63) is 42.5 Å². The van der Waals surface area contributed by atoms with Crippen LogP contribution in [0.25, 0.3) is 0 Å². The Labute approximate surface area is 142 Å². The number of rotatable bonds is 5. The van der Waals surface area contributed by atoms with Crippen molar-refractivity contribution in [1.29, 1.82) is 0 Å². The molecule has 6 heteroatoms. The average molecular weight is 327 g/mol. The molecule has 0 saturated carbocycles. The first-order valence-electron chi connectivity index (χ1n) is 8.65. The number of aromatic nitrogens is 3. The second-order valence-corrected chi connectivity index (χ2v) is 6.34. The van der Waals surface area contributed by atoms with E-state index in [-0.39, 0.29) is 18.0 Å². The summed E-state index contributed by atoms with van der Waals surface area (Å²) in [5.41, 5.74) is 2.65. The molecule has 128 valence electrons. The summed E-state index contributed by atoms with van der Waals surface area (Å²) in [5.74, 6) is 0.00642. The van der Waals surface area contributed by atoms with Gasteiger partial charge in [-0.2, -0.15) is 5.10 Å². The van der Waals surface area contributed by atoms with Crippen LogP contribution >= 0.6 is 0 Å². The number of aryl methyl sites for hydroxylation is 1. The monoisotopic (exact) mass is 327 g/mol. The Hall–Kier alpha value is -2.37. The molecule has 0 radical (unpaired) electrons. The fraction of sp³-hybridized carbons (Fsp3) is 0.500. The fourth-order valence-electron chi connectivity index (χ4n) is 3.11. The van der Waals surface area contributed by atoms with Gasteiger partial charge in [-0.15, -0.1) is 0 Å². The molecule has 1 atom stereocenters. The Balaban J connectivity index is 1.52. The minimum absolute atomic E-state index is 0.00642. The van der Waals surface area contributed by atoms with Gasteiger partial charge in [-0.1, -0.05) is 19.1 Å². The van der Waals surface area contributed by atoms with Crippen molar-refractivity contribution in [2.45, 2.75) is 45.2 Å². The molecule has 1 amide bonds. The summed E-state index contributed by atoms with van der Waals surface area (Å²) in [4.78, 5) is 18.6. The van der Waals surface area contributed by atoms with E-state index in [1.165, 1.54) is 17.6 Å². The maximum absolute atomic E-state index is 12.3.